The highest BCUT2D eigenvalue weighted by Gasteiger charge is 2.19. The molecule has 1 atom stereocenters. The second kappa shape index (κ2) is 56.7. The first-order chi connectivity index (χ1) is 33.0. The van der Waals surface area contributed by atoms with E-state index in [2.05, 4.69) is 32.9 Å². The minimum Gasteiger partial charge on any atom is -0.462 e. The van der Waals surface area contributed by atoms with Crippen LogP contribution in [-0.4, -0.2) is 37.2 Å². The van der Waals surface area contributed by atoms with Crippen LogP contribution in [0.3, 0.4) is 0 Å². The highest BCUT2D eigenvalue weighted by Crippen LogP contribution is 2.17. The molecule has 0 aliphatic carbocycles. The Hall–Kier alpha value is -1.85. The summed E-state index contributed by atoms with van der Waals surface area (Å²) in [6.45, 7) is 6.66. The number of hydrogen-bond acceptors (Lipinski definition) is 6. The summed E-state index contributed by atoms with van der Waals surface area (Å²) in [5.74, 6) is -0.846. The van der Waals surface area contributed by atoms with Crippen LogP contribution < -0.4 is 0 Å². The van der Waals surface area contributed by atoms with Crippen molar-refractivity contribution in [1.29, 1.82) is 0 Å². The smallest absolute Gasteiger partial charge is 0.306 e. The second-order valence-electron chi connectivity index (χ2n) is 20.6. The number of esters is 3. The zero-order chi connectivity index (χ0) is 48.6. The highest BCUT2D eigenvalue weighted by atomic mass is 16.6. The summed E-state index contributed by atoms with van der Waals surface area (Å²) in [5.41, 5.74) is 0. The molecule has 0 spiro atoms. The molecule has 0 aliphatic rings. The molecule has 6 nitrogen and oxygen atoms in total. The first kappa shape index (κ1) is 65.1. The summed E-state index contributed by atoms with van der Waals surface area (Å²) < 4.78 is 16.8. The Morgan fingerprint density at radius 1 is 0.284 bits per heavy atom. The number of unbranched alkanes of at least 4 members (excludes halogenated alkanes) is 43. The minimum atomic E-state index is -0.761. The van der Waals surface area contributed by atoms with Crippen LogP contribution in [0, 0.1) is 0 Å². The zero-order valence-electron chi connectivity index (χ0n) is 45.5. The molecule has 1 unspecified atom stereocenters. The molecule has 0 aliphatic heterocycles. The summed E-state index contributed by atoms with van der Waals surface area (Å²) in [4.78, 5) is 37.9. The molecular formula is C61H116O6. The van der Waals surface area contributed by atoms with Crippen molar-refractivity contribution in [2.24, 2.45) is 0 Å². The van der Waals surface area contributed by atoms with Crippen LogP contribution in [0.2, 0.25) is 0 Å². The van der Waals surface area contributed by atoms with Crippen molar-refractivity contribution in [3.63, 3.8) is 0 Å². The van der Waals surface area contributed by atoms with Gasteiger partial charge in [0.1, 0.15) is 13.2 Å². The molecule has 0 amide bonds. The summed E-state index contributed by atoms with van der Waals surface area (Å²) >= 11 is 0. The normalized spacial score (nSPS) is 12.0. The Morgan fingerprint density at radius 3 is 0.746 bits per heavy atom. The van der Waals surface area contributed by atoms with Gasteiger partial charge in [-0.1, -0.05) is 290 Å². The molecule has 0 saturated carbocycles. The third-order valence-electron chi connectivity index (χ3n) is 13.8. The molecule has 67 heavy (non-hydrogen) atoms. The topological polar surface area (TPSA) is 78.9 Å². The third kappa shape index (κ3) is 55.0. The largest absolute Gasteiger partial charge is 0.462 e. The fourth-order valence-corrected chi connectivity index (χ4v) is 9.21. The molecule has 0 rings (SSSR count). The van der Waals surface area contributed by atoms with Crippen LogP contribution in [0.4, 0.5) is 0 Å². The van der Waals surface area contributed by atoms with Crippen LogP contribution >= 0.6 is 0 Å². The van der Waals surface area contributed by atoms with Gasteiger partial charge in [0.15, 0.2) is 6.10 Å². The lowest BCUT2D eigenvalue weighted by atomic mass is 10.0. The summed E-state index contributed by atoms with van der Waals surface area (Å²) in [7, 11) is 0. The maximum absolute atomic E-state index is 12.8. The van der Waals surface area contributed by atoms with Crippen molar-refractivity contribution in [1.82, 2.24) is 0 Å². The predicted octanol–water partition coefficient (Wildman–Crippen LogP) is 20.1. The van der Waals surface area contributed by atoms with Gasteiger partial charge in [-0.15, -0.1) is 0 Å². The van der Waals surface area contributed by atoms with E-state index in [0.29, 0.717) is 19.3 Å². The number of rotatable bonds is 56. The average molecular weight is 946 g/mol. The van der Waals surface area contributed by atoms with Crippen molar-refractivity contribution in [3.05, 3.63) is 12.2 Å². The summed E-state index contributed by atoms with van der Waals surface area (Å²) in [5, 5.41) is 0. The highest BCUT2D eigenvalue weighted by molar-refractivity contribution is 5.71. The average Bonchev–Trinajstić information content (AvgIpc) is 3.33. The maximum Gasteiger partial charge on any atom is 0.306 e. The first-order valence-electron chi connectivity index (χ1n) is 30.2. The molecule has 0 radical (unpaired) electrons. The monoisotopic (exact) mass is 945 g/mol. The summed E-state index contributed by atoms with van der Waals surface area (Å²) in [6, 6.07) is 0. The van der Waals surface area contributed by atoms with Gasteiger partial charge >= 0.3 is 17.9 Å². The number of carbonyl (C=O) groups is 3. The van der Waals surface area contributed by atoms with E-state index in [1.807, 2.05) is 0 Å². The van der Waals surface area contributed by atoms with E-state index in [-0.39, 0.29) is 31.1 Å². The van der Waals surface area contributed by atoms with Crippen LogP contribution in [0.15, 0.2) is 12.2 Å². The van der Waals surface area contributed by atoms with E-state index < -0.39 is 6.10 Å². The van der Waals surface area contributed by atoms with E-state index >= 15 is 0 Å². The Labute approximate surface area is 418 Å². The van der Waals surface area contributed by atoms with Crippen LogP contribution in [0.1, 0.15) is 342 Å². The molecule has 0 heterocycles. The molecular weight excluding hydrogens is 829 g/mol. The Morgan fingerprint density at radius 2 is 0.493 bits per heavy atom. The van der Waals surface area contributed by atoms with E-state index in [1.54, 1.807) is 0 Å². The Balaban J connectivity index is 4.00. The standard InChI is InChI=1S/C61H116O6/c1-4-7-10-13-16-19-21-22-23-24-25-26-27-28-29-30-31-32-33-34-35-36-37-38-40-42-45-48-51-54-60(63)66-57-58(56-65-59(62)53-50-47-44-41-18-15-12-9-6-3)67-61(64)55-52-49-46-43-39-20-17-14-11-8-5-2/h24-25,58H,4-23,26-57H2,1-3H3/b25-24-. The van der Waals surface area contributed by atoms with Crippen molar-refractivity contribution in [2.75, 3.05) is 13.2 Å². The fourth-order valence-electron chi connectivity index (χ4n) is 9.21. The lowest BCUT2D eigenvalue weighted by molar-refractivity contribution is -0.167. The lowest BCUT2D eigenvalue weighted by Crippen LogP contribution is -2.30. The molecule has 0 bridgehead atoms. The first-order valence-corrected chi connectivity index (χ1v) is 30.2. The van der Waals surface area contributed by atoms with Crippen molar-refractivity contribution in [2.45, 2.75) is 348 Å². The SMILES string of the molecule is CCCCCCCCCC/C=C\CCCCCCCCCCCCCCCCCCCC(=O)OCC(COC(=O)CCCCCCCCCCC)OC(=O)CCCCCCCCCCCCC. The van der Waals surface area contributed by atoms with Gasteiger partial charge in [0.25, 0.3) is 0 Å². The fraction of sp³-hybridized carbons (Fsp3) is 0.918. The van der Waals surface area contributed by atoms with E-state index in [9.17, 15) is 14.4 Å². The number of allylic oxidation sites excluding steroid dienone is 2. The maximum atomic E-state index is 12.8. The van der Waals surface area contributed by atoms with E-state index in [1.165, 1.54) is 244 Å². The Bertz CT molecular complexity index is 1040. The predicted molar refractivity (Wildman–Crippen MR) is 289 cm³/mol. The number of hydrogen-bond donors (Lipinski definition) is 0. The quantitative estimate of drug-likeness (QED) is 0.0262. The van der Waals surface area contributed by atoms with Gasteiger partial charge in [0.05, 0.1) is 0 Å². The van der Waals surface area contributed by atoms with Gasteiger partial charge in [-0.2, -0.15) is 0 Å². The molecule has 0 N–H and O–H groups in total. The van der Waals surface area contributed by atoms with Gasteiger partial charge in [0, 0.05) is 19.3 Å². The van der Waals surface area contributed by atoms with Crippen LogP contribution in [-0.2, 0) is 28.6 Å². The molecule has 396 valence electrons. The minimum absolute atomic E-state index is 0.0636. The molecule has 0 saturated heterocycles. The van der Waals surface area contributed by atoms with Gasteiger partial charge in [0.2, 0.25) is 0 Å². The zero-order valence-corrected chi connectivity index (χ0v) is 45.5. The van der Waals surface area contributed by atoms with Crippen molar-refractivity contribution >= 4 is 17.9 Å². The van der Waals surface area contributed by atoms with Crippen molar-refractivity contribution < 1.29 is 28.6 Å². The van der Waals surface area contributed by atoms with Crippen LogP contribution in [0.5, 0.6) is 0 Å². The number of ether oxygens (including phenoxy) is 3. The van der Waals surface area contributed by atoms with Crippen molar-refractivity contribution in [3.8, 4) is 0 Å². The van der Waals surface area contributed by atoms with Gasteiger partial charge in [-0.3, -0.25) is 14.4 Å². The van der Waals surface area contributed by atoms with E-state index in [0.717, 1.165) is 57.8 Å². The van der Waals surface area contributed by atoms with E-state index in [4.69, 9.17) is 14.2 Å². The lowest BCUT2D eigenvalue weighted by Gasteiger charge is -2.18. The second-order valence-corrected chi connectivity index (χ2v) is 20.6. The molecule has 0 aromatic heterocycles. The molecule has 6 heteroatoms. The van der Waals surface area contributed by atoms with Crippen LogP contribution in [0.25, 0.3) is 0 Å². The third-order valence-corrected chi connectivity index (χ3v) is 13.8. The molecule has 0 fully saturated rings. The van der Waals surface area contributed by atoms with Gasteiger partial charge in [-0.25, -0.2) is 0 Å². The Kier molecular flexibility index (Phi) is 55.2. The van der Waals surface area contributed by atoms with Gasteiger partial charge < -0.3 is 14.2 Å². The molecule has 0 aromatic carbocycles. The number of carbonyl (C=O) groups excluding carboxylic acids is 3. The molecule has 0 aromatic rings. The van der Waals surface area contributed by atoms with Gasteiger partial charge in [-0.05, 0) is 44.9 Å². The summed E-state index contributed by atoms with van der Waals surface area (Å²) in [6.07, 6.45) is 65.3.